The number of pyridine rings is 1. The largest absolute Gasteiger partial charge is 0.461 e. The van der Waals surface area contributed by atoms with Gasteiger partial charge in [0.15, 0.2) is 5.82 Å². The van der Waals surface area contributed by atoms with Crippen LogP contribution in [-0.2, 0) is 6.18 Å². The molecule has 4 aliphatic heterocycles. The molecule has 0 amide bonds. The van der Waals surface area contributed by atoms with E-state index in [4.69, 9.17) is 33.7 Å². The first kappa shape index (κ1) is 29.0. The molecule has 0 unspecified atom stereocenters. The number of halogens is 7. The first-order chi connectivity index (χ1) is 20.4. The van der Waals surface area contributed by atoms with Gasteiger partial charge in [-0.2, -0.15) is 23.1 Å². The number of hydrogen-bond acceptors (Lipinski definition) is 8. The Morgan fingerprint density at radius 3 is 2.53 bits per heavy atom. The van der Waals surface area contributed by atoms with E-state index in [0.29, 0.717) is 31.9 Å². The third-order valence-electron chi connectivity index (χ3n) is 9.10. The molecule has 7 rings (SSSR count). The fraction of sp³-hybridized carbons (Fsp3) is 0.536. The number of nitrogens with zero attached hydrogens (tertiary/aromatic N) is 5. The molecule has 6 heterocycles. The van der Waals surface area contributed by atoms with E-state index in [0.717, 1.165) is 38.3 Å². The molecule has 8 nitrogen and oxygen atoms in total. The Labute approximate surface area is 253 Å². The standard InChI is InChI=1S/C28H28Cl2F5N7O/c29-17-6-16-23(22(32)20(17)24-21(28(33,34)35)18(30)7-19(36)38-24)39-26(40-25(16)41-10-14-2-3-15(11-41)37-14)43-12-27-4-1-5-42(27)9-13(31)8-27/h6-7,13-15,37H,1-5,8-12H2,(H2,36,38)/t13-,14-,15+,27+/m1/s1. The van der Waals surface area contributed by atoms with Gasteiger partial charge in [-0.25, -0.2) is 13.8 Å². The summed E-state index contributed by atoms with van der Waals surface area (Å²) in [6.45, 7) is 2.33. The summed E-state index contributed by atoms with van der Waals surface area (Å²) in [6, 6.07) is 2.44. The van der Waals surface area contributed by atoms with Gasteiger partial charge in [0.1, 0.15) is 35.5 Å². The van der Waals surface area contributed by atoms with Gasteiger partial charge in [0.2, 0.25) is 0 Å². The molecule has 2 aromatic heterocycles. The maximum Gasteiger partial charge on any atom is 0.419 e. The van der Waals surface area contributed by atoms with Gasteiger partial charge in [-0.3, -0.25) is 4.90 Å². The number of hydrogen-bond donors (Lipinski definition) is 2. The maximum atomic E-state index is 16.5. The van der Waals surface area contributed by atoms with Gasteiger partial charge in [-0.15, -0.1) is 0 Å². The van der Waals surface area contributed by atoms with Crippen LogP contribution in [0.3, 0.4) is 0 Å². The highest BCUT2D eigenvalue weighted by Crippen LogP contribution is 2.46. The number of alkyl halides is 4. The molecule has 4 fully saturated rings. The molecule has 3 N–H and O–H groups in total. The highest BCUT2D eigenvalue weighted by atomic mass is 35.5. The lowest BCUT2D eigenvalue weighted by molar-refractivity contribution is -0.137. The van der Waals surface area contributed by atoms with Gasteiger partial charge in [0.25, 0.3) is 0 Å². The monoisotopic (exact) mass is 643 g/mol. The van der Waals surface area contributed by atoms with Crippen molar-refractivity contribution in [3.05, 3.63) is 33.6 Å². The summed E-state index contributed by atoms with van der Waals surface area (Å²) in [4.78, 5) is 16.9. The molecule has 4 atom stereocenters. The third-order valence-corrected chi connectivity index (χ3v) is 9.70. The quantitative estimate of drug-likeness (QED) is 0.346. The fourth-order valence-corrected chi connectivity index (χ4v) is 7.87. The van der Waals surface area contributed by atoms with Crippen molar-refractivity contribution in [2.45, 2.75) is 62.1 Å². The van der Waals surface area contributed by atoms with Crippen molar-refractivity contribution in [3.8, 4) is 17.3 Å². The Balaban J connectivity index is 1.38. The molecule has 0 saturated carbocycles. The second kappa shape index (κ2) is 10.4. The van der Waals surface area contributed by atoms with Crippen molar-refractivity contribution in [1.82, 2.24) is 25.2 Å². The van der Waals surface area contributed by atoms with Crippen LogP contribution in [0.15, 0.2) is 12.1 Å². The molecule has 4 aliphatic rings. The van der Waals surface area contributed by atoms with Gasteiger partial charge < -0.3 is 20.7 Å². The summed E-state index contributed by atoms with van der Waals surface area (Å²) in [7, 11) is 0. The molecule has 1 aromatic carbocycles. The summed E-state index contributed by atoms with van der Waals surface area (Å²) in [5.74, 6) is -1.12. The molecule has 230 valence electrons. The van der Waals surface area contributed by atoms with Crippen LogP contribution in [0.4, 0.5) is 33.6 Å². The molecular formula is C28H28Cl2F5N7O. The van der Waals surface area contributed by atoms with E-state index in [9.17, 15) is 17.6 Å². The smallest absolute Gasteiger partial charge is 0.419 e. The number of nitrogens with two attached hydrogens (primary N) is 1. The first-order valence-corrected chi connectivity index (χ1v) is 14.9. The van der Waals surface area contributed by atoms with Crippen molar-refractivity contribution in [2.24, 2.45) is 0 Å². The van der Waals surface area contributed by atoms with E-state index >= 15 is 4.39 Å². The summed E-state index contributed by atoms with van der Waals surface area (Å²) >= 11 is 12.5. The topological polar surface area (TPSA) is 92.4 Å². The molecule has 2 bridgehead atoms. The number of aromatic nitrogens is 3. The van der Waals surface area contributed by atoms with E-state index in [-0.39, 0.29) is 46.4 Å². The molecule has 0 aliphatic carbocycles. The van der Waals surface area contributed by atoms with E-state index in [1.54, 1.807) is 0 Å². The number of benzene rings is 1. The lowest BCUT2D eigenvalue weighted by Crippen LogP contribution is -2.51. The van der Waals surface area contributed by atoms with Gasteiger partial charge in [-0.05, 0) is 44.4 Å². The molecule has 0 radical (unpaired) electrons. The van der Waals surface area contributed by atoms with E-state index in [2.05, 4.69) is 25.2 Å². The van der Waals surface area contributed by atoms with Crippen LogP contribution in [0.5, 0.6) is 6.01 Å². The maximum absolute atomic E-state index is 16.5. The van der Waals surface area contributed by atoms with Crippen molar-refractivity contribution in [1.29, 1.82) is 0 Å². The first-order valence-electron chi connectivity index (χ1n) is 14.2. The van der Waals surface area contributed by atoms with Gasteiger partial charge in [-0.1, -0.05) is 23.2 Å². The van der Waals surface area contributed by atoms with E-state index in [1.807, 2.05) is 4.90 Å². The zero-order valence-corrected chi connectivity index (χ0v) is 24.3. The lowest BCUT2D eigenvalue weighted by Gasteiger charge is -2.34. The van der Waals surface area contributed by atoms with Crippen LogP contribution in [-0.4, -0.2) is 76.4 Å². The van der Waals surface area contributed by atoms with Gasteiger partial charge in [0, 0.05) is 43.5 Å². The molecular weight excluding hydrogens is 616 g/mol. The van der Waals surface area contributed by atoms with Crippen LogP contribution in [0.1, 0.15) is 37.7 Å². The van der Waals surface area contributed by atoms with Crippen LogP contribution in [0, 0.1) is 5.82 Å². The average Bonchev–Trinajstić information content (AvgIpc) is 3.56. The summed E-state index contributed by atoms with van der Waals surface area (Å²) in [6.07, 6.45) is -2.07. The summed E-state index contributed by atoms with van der Waals surface area (Å²) in [5.41, 5.74) is 2.09. The highest BCUT2D eigenvalue weighted by molar-refractivity contribution is 6.35. The Bertz CT molecular complexity index is 1600. The van der Waals surface area contributed by atoms with Crippen LogP contribution in [0.2, 0.25) is 10.0 Å². The number of anilines is 2. The van der Waals surface area contributed by atoms with Crippen molar-refractivity contribution in [3.63, 3.8) is 0 Å². The van der Waals surface area contributed by atoms with Crippen molar-refractivity contribution in [2.75, 3.05) is 43.4 Å². The minimum atomic E-state index is -4.98. The molecule has 3 aromatic rings. The van der Waals surface area contributed by atoms with Crippen molar-refractivity contribution >= 4 is 45.7 Å². The predicted octanol–water partition coefficient (Wildman–Crippen LogP) is 5.63. The van der Waals surface area contributed by atoms with Crippen LogP contribution >= 0.6 is 23.2 Å². The normalized spacial score (nSPS) is 27.3. The highest BCUT2D eigenvalue weighted by Gasteiger charge is 2.49. The number of fused-ring (bicyclic) bond motifs is 4. The fourth-order valence-electron chi connectivity index (χ4n) is 7.28. The number of piperazine rings is 1. The second-order valence-corrected chi connectivity index (χ2v) is 12.7. The Morgan fingerprint density at radius 1 is 1.07 bits per heavy atom. The van der Waals surface area contributed by atoms with Gasteiger partial charge >= 0.3 is 12.2 Å². The average molecular weight is 644 g/mol. The zero-order chi connectivity index (χ0) is 30.3. The zero-order valence-electron chi connectivity index (χ0n) is 22.8. The number of nitrogens with one attached hydrogen (secondary N) is 1. The van der Waals surface area contributed by atoms with Crippen molar-refractivity contribution < 1.29 is 26.7 Å². The summed E-state index contributed by atoms with van der Waals surface area (Å²) in [5, 5.41) is 2.68. The lowest BCUT2D eigenvalue weighted by atomic mass is 9.95. The number of rotatable bonds is 5. The Morgan fingerprint density at radius 2 is 1.81 bits per heavy atom. The summed E-state index contributed by atoms with van der Waals surface area (Å²) < 4.78 is 79.3. The Kier molecular flexibility index (Phi) is 7.03. The van der Waals surface area contributed by atoms with Gasteiger partial charge in [0.05, 0.1) is 26.8 Å². The molecule has 0 spiro atoms. The second-order valence-electron chi connectivity index (χ2n) is 11.9. The third kappa shape index (κ3) is 5.01. The van der Waals surface area contributed by atoms with Crippen LogP contribution in [0.25, 0.3) is 22.2 Å². The SMILES string of the molecule is Nc1cc(Cl)c(C(F)(F)F)c(-c2c(Cl)cc3c(N4C[C@H]5CC[C@@H](C4)N5)nc(OC[C@@]45CCCN4C[C@H](F)C5)nc3c2F)n1. The van der Waals surface area contributed by atoms with Crippen LogP contribution < -0.4 is 20.7 Å². The van der Waals surface area contributed by atoms with E-state index < -0.39 is 45.5 Å². The molecule has 43 heavy (non-hydrogen) atoms. The van der Waals surface area contributed by atoms with E-state index in [1.165, 1.54) is 6.07 Å². The number of ether oxygens (including phenoxy) is 1. The number of nitrogen functional groups attached to an aromatic ring is 1. The predicted molar refractivity (Wildman–Crippen MR) is 153 cm³/mol. The molecule has 15 heteroatoms. The Hall–Kier alpha value is -2.74. The minimum Gasteiger partial charge on any atom is -0.461 e. The minimum absolute atomic E-state index is 0.0951. The molecule has 4 saturated heterocycles.